The summed E-state index contributed by atoms with van der Waals surface area (Å²) in [4.78, 5) is 19.3. The van der Waals surface area contributed by atoms with Crippen LogP contribution in [0.2, 0.25) is 0 Å². The van der Waals surface area contributed by atoms with E-state index in [9.17, 15) is 4.79 Å². The van der Waals surface area contributed by atoms with Gasteiger partial charge >= 0.3 is 5.97 Å². The average Bonchev–Trinajstić information content (AvgIpc) is 2.29. The minimum atomic E-state index is -0.229. The topological polar surface area (TPSA) is 73.3 Å². The Bertz CT molecular complexity index is 383. The van der Waals surface area contributed by atoms with Crippen LogP contribution in [0.25, 0.3) is 0 Å². The minimum absolute atomic E-state index is 0.0501. The number of anilines is 1. The number of ether oxygens (including phenoxy) is 2. The standard InChI is InChI=1S/C12H19N3O3/c1-4-17-12(16)5-6-14-10-7-13-8-11(15-10)18-9(2)3/h7-9H,4-6H2,1-3H3,(H,14,15). The summed E-state index contributed by atoms with van der Waals surface area (Å²) in [6.45, 7) is 6.48. The largest absolute Gasteiger partial charge is 0.474 e. The molecule has 100 valence electrons. The summed E-state index contributed by atoms with van der Waals surface area (Å²) in [7, 11) is 0. The molecule has 1 heterocycles. The maximum absolute atomic E-state index is 11.1. The predicted molar refractivity (Wildman–Crippen MR) is 67.5 cm³/mol. The van der Waals surface area contributed by atoms with Gasteiger partial charge in [-0.25, -0.2) is 0 Å². The quantitative estimate of drug-likeness (QED) is 0.744. The molecule has 0 aliphatic rings. The van der Waals surface area contributed by atoms with Crippen molar-refractivity contribution in [1.29, 1.82) is 0 Å². The summed E-state index contributed by atoms with van der Waals surface area (Å²) in [6, 6.07) is 0. The Hall–Kier alpha value is -1.85. The lowest BCUT2D eigenvalue weighted by Gasteiger charge is -2.10. The molecule has 0 unspecified atom stereocenters. The van der Waals surface area contributed by atoms with E-state index >= 15 is 0 Å². The Morgan fingerprint density at radius 3 is 2.89 bits per heavy atom. The summed E-state index contributed by atoms with van der Waals surface area (Å²) in [5, 5.41) is 2.99. The Kier molecular flexibility index (Phi) is 5.90. The highest BCUT2D eigenvalue weighted by Gasteiger charge is 2.04. The van der Waals surface area contributed by atoms with Crippen LogP contribution in [0, 0.1) is 0 Å². The van der Waals surface area contributed by atoms with Gasteiger partial charge in [-0.1, -0.05) is 0 Å². The van der Waals surface area contributed by atoms with Gasteiger partial charge in [0.2, 0.25) is 5.88 Å². The molecule has 0 fully saturated rings. The summed E-state index contributed by atoms with van der Waals surface area (Å²) >= 11 is 0. The van der Waals surface area contributed by atoms with Gasteiger partial charge in [-0.3, -0.25) is 9.78 Å². The van der Waals surface area contributed by atoms with Crippen molar-refractivity contribution in [3.05, 3.63) is 12.4 Å². The number of nitrogens with one attached hydrogen (secondary N) is 1. The van der Waals surface area contributed by atoms with Gasteiger partial charge in [-0.05, 0) is 20.8 Å². The molecular formula is C12H19N3O3. The van der Waals surface area contributed by atoms with Gasteiger partial charge in [-0.15, -0.1) is 0 Å². The molecule has 0 radical (unpaired) electrons. The van der Waals surface area contributed by atoms with Crippen molar-refractivity contribution in [3.63, 3.8) is 0 Å². The first-order valence-corrected chi connectivity index (χ1v) is 6.00. The van der Waals surface area contributed by atoms with Gasteiger partial charge in [0, 0.05) is 6.54 Å². The third-order valence-electron chi connectivity index (χ3n) is 1.91. The molecule has 1 aromatic rings. The fraction of sp³-hybridized carbons (Fsp3) is 0.583. The second-order valence-corrected chi connectivity index (χ2v) is 3.89. The maximum Gasteiger partial charge on any atom is 0.307 e. The molecule has 0 saturated heterocycles. The summed E-state index contributed by atoms with van der Waals surface area (Å²) < 4.78 is 10.2. The Morgan fingerprint density at radius 2 is 2.22 bits per heavy atom. The van der Waals surface area contributed by atoms with Crippen LogP contribution in [-0.4, -0.2) is 35.2 Å². The molecule has 18 heavy (non-hydrogen) atoms. The van der Waals surface area contributed by atoms with Crippen LogP contribution in [0.3, 0.4) is 0 Å². The summed E-state index contributed by atoms with van der Waals surface area (Å²) in [6.07, 6.45) is 3.48. The van der Waals surface area contributed by atoms with E-state index in [4.69, 9.17) is 9.47 Å². The molecule has 0 saturated carbocycles. The molecule has 0 amide bonds. The molecule has 1 aromatic heterocycles. The Labute approximate surface area is 107 Å². The number of hydrogen-bond acceptors (Lipinski definition) is 6. The Morgan fingerprint density at radius 1 is 1.44 bits per heavy atom. The van der Waals surface area contributed by atoms with Crippen LogP contribution in [0.4, 0.5) is 5.82 Å². The number of carbonyl (C=O) groups excluding carboxylic acids is 1. The summed E-state index contributed by atoms with van der Waals surface area (Å²) in [5.41, 5.74) is 0. The normalized spacial score (nSPS) is 10.2. The SMILES string of the molecule is CCOC(=O)CCNc1cncc(OC(C)C)n1. The lowest BCUT2D eigenvalue weighted by Crippen LogP contribution is -2.13. The first kappa shape index (κ1) is 14.2. The smallest absolute Gasteiger partial charge is 0.307 e. The van der Waals surface area contributed by atoms with Crippen LogP contribution >= 0.6 is 0 Å². The number of rotatable bonds is 7. The van der Waals surface area contributed by atoms with Gasteiger partial charge in [0.15, 0.2) is 0 Å². The highest BCUT2D eigenvalue weighted by Crippen LogP contribution is 2.10. The molecule has 0 aliphatic heterocycles. The number of aromatic nitrogens is 2. The van der Waals surface area contributed by atoms with Crippen molar-refractivity contribution in [2.75, 3.05) is 18.5 Å². The highest BCUT2D eigenvalue weighted by molar-refractivity contribution is 5.69. The molecule has 0 bridgehead atoms. The van der Waals surface area contributed by atoms with Crippen molar-refractivity contribution in [2.24, 2.45) is 0 Å². The number of hydrogen-bond donors (Lipinski definition) is 1. The van der Waals surface area contributed by atoms with Crippen LogP contribution in [0.1, 0.15) is 27.2 Å². The lowest BCUT2D eigenvalue weighted by molar-refractivity contribution is -0.142. The zero-order valence-corrected chi connectivity index (χ0v) is 11.0. The van der Waals surface area contributed by atoms with Crippen molar-refractivity contribution >= 4 is 11.8 Å². The molecule has 0 spiro atoms. The van der Waals surface area contributed by atoms with E-state index in [0.717, 1.165) is 0 Å². The first-order valence-electron chi connectivity index (χ1n) is 6.00. The van der Waals surface area contributed by atoms with Crippen molar-refractivity contribution in [1.82, 2.24) is 9.97 Å². The number of carbonyl (C=O) groups is 1. The fourth-order valence-electron chi connectivity index (χ4n) is 1.26. The summed E-state index contributed by atoms with van der Waals surface area (Å²) in [5.74, 6) is 0.816. The second-order valence-electron chi connectivity index (χ2n) is 3.89. The van der Waals surface area contributed by atoms with E-state index in [1.807, 2.05) is 13.8 Å². The minimum Gasteiger partial charge on any atom is -0.474 e. The molecule has 0 atom stereocenters. The van der Waals surface area contributed by atoms with Gasteiger partial charge in [0.05, 0.1) is 31.5 Å². The lowest BCUT2D eigenvalue weighted by atomic mass is 10.4. The number of nitrogens with zero attached hydrogens (tertiary/aromatic N) is 2. The Balaban J connectivity index is 2.40. The van der Waals surface area contributed by atoms with E-state index in [0.29, 0.717) is 31.3 Å². The van der Waals surface area contributed by atoms with Crippen molar-refractivity contribution < 1.29 is 14.3 Å². The fourth-order valence-corrected chi connectivity index (χ4v) is 1.26. The van der Waals surface area contributed by atoms with E-state index < -0.39 is 0 Å². The van der Waals surface area contributed by atoms with E-state index in [2.05, 4.69) is 15.3 Å². The molecule has 1 rings (SSSR count). The molecule has 1 N–H and O–H groups in total. The molecule has 0 aliphatic carbocycles. The third kappa shape index (κ3) is 5.47. The van der Waals surface area contributed by atoms with Gasteiger partial charge in [0.1, 0.15) is 5.82 Å². The monoisotopic (exact) mass is 253 g/mol. The molecule has 6 nitrogen and oxygen atoms in total. The van der Waals surface area contributed by atoms with E-state index in [-0.39, 0.29) is 12.1 Å². The zero-order valence-electron chi connectivity index (χ0n) is 11.0. The van der Waals surface area contributed by atoms with Gasteiger partial charge in [0.25, 0.3) is 0 Å². The highest BCUT2D eigenvalue weighted by atomic mass is 16.5. The molecular weight excluding hydrogens is 234 g/mol. The van der Waals surface area contributed by atoms with Crippen LogP contribution in [0.5, 0.6) is 5.88 Å². The zero-order chi connectivity index (χ0) is 13.4. The average molecular weight is 253 g/mol. The van der Waals surface area contributed by atoms with Crippen molar-refractivity contribution in [2.45, 2.75) is 33.3 Å². The van der Waals surface area contributed by atoms with E-state index in [1.54, 1.807) is 19.3 Å². The maximum atomic E-state index is 11.1. The molecule has 0 aromatic carbocycles. The third-order valence-corrected chi connectivity index (χ3v) is 1.91. The predicted octanol–water partition coefficient (Wildman–Crippen LogP) is 1.63. The van der Waals surface area contributed by atoms with Crippen LogP contribution in [0.15, 0.2) is 12.4 Å². The van der Waals surface area contributed by atoms with Crippen molar-refractivity contribution in [3.8, 4) is 5.88 Å². The van der Waals surface area contributed by atoms with Gasteiger partial charge in [-0.2, -0.15) is 4.98 Å². The molecule has 6 heteroatoms. The van der Waals surface area contributed by atoms with Crippen LogP contribution < -0.4 is 10.1 Å². The van der Waals surface area contributed by atoms with Gasteiger partial charge < -0.3 is 14.8 Å². The first-order chi connectivity index (χ1) is 8.61. The number of esters is 1. The van der Waals surface area contributed by atoms with Crippen LogP contribution in [-0.2, 0) is 9.53 Å². The van der Waals surface area contributed by atoms with E-state index in [1.165, 1.54) is 0 Å². The second kappa shape index (κ2) is 7.47.